The minimum Gasteiger partial charge on any atom is -0.378 e. The molecule has 0 aromatic heterocycles. The predicted octanol–water partition coefficient (Wildman–Crippen LogP) is 0.580. The SMILES string of the molecule is NC(=O)C(CC(=O)N1CCOCC1)Cc1ccccc1. The molecular weight excluding hydrogens is 256 g/mol. The number of nitrogens with zero attached hydrogens (tertiary/aromatic N) is 1. The van der Waals surface area contributed by atoms with Crippen LogP contribution < -0.4 is 5.73 Å². The number of benzene rings is 1. The number of nitrogens with two attached hydrogens (primary N) is 1. The molecule has 1 unspecified atom stereocenters. The highest BCUT2D eigenvalue weighted by Gasteiger charge is 2.24. The van der Waals surface area contributed by atoms with Crippen molar-refractivity contribution in [2.75, 3.05) is 26.3 Å². The Morgan fingerprint density at radius 1 is 1.20 bits per heavy atom. The van der Waals surface area contributed by atoms with Crippen LogP contribution in [0.5, 0.6) is 0 Å². The molecule has 1 fully saturated rings. The Bertz CT molecular complexity index is 455. The molecule has 1 aromatic rings. The molecule has 0 bridgehead atoms. The summed E-state index contributed by atoms with van der Waals surface area (Å²) < 4.78 is 5.21. The zero-order chi connectivity index (χ0) is 14.4. The third kappa shape index (κ3) is 4.06. The van der Waals surface area contributed by atoms with Crippen molar-refractivity contribution in [1.29, 1.82) is 0 Å². The lowest BCUT2D eigenvalue weighted by atomic mass is 9.95. The van der Waals surface area contributed by atoms with Crippen LogP contribution in [0.15, 0.2) is 30.3 Å². The summed E-state index contributed by atoms with van der Waals surface area (Å²) in [6.45, 7) is 2.31. The summed E-state index contributed by atoms with van der Waals surface area (Å²) in [4.78, 5) is 25.5. The van der Waals surface area contributed by atoms with Gasteiger partial charge in [-0.05, 0) is 12.0 Å². The largest absolute Gasteiger partial charge is 0.378 e. The van der Waals surface area contributed by atoms with Gasteiger partial charge < -0.3 is 15.4 Å². The minimum absolute atomic E-state index is 0.0203. The molecule has 5 nitrogen and oxygen atoms in total. The molecule has 2 amide bonds. The molecular formula is C15H20N2O3. The molecule has 108 valence electrons. The van der Waals surface area contributed by atoms with Crippen LogP contribution in [0.25, 0.3) is 0 Å². The molecule has 5 heteroatoms. The lowest BCUT2D eigenvalue weighted by molar-refractivity contribution is -0.138. The van der Waals surface area contributed by atoms with E-state index in [0.29, 0.717) is 32.7 Å². The highest BCUT2D eigenvalue weighted by molar-refractivity contribution is 5.85. The Balaban J connectivity index is 1.95. The smallest absolute Gasteiger partial charge is 0.223 e. The first-order valence-corrected chi connectivity index (χ1v) is 6.85. The van der Waals surface area contributed by atoms with Crippen molar-refractivity contribution in [2.45, 2.75) is 12.8 Å². The number of hydrogen-bond acceptors (Lipinski definition) is 3. The Hall–Kier alpha value is -1.88. The van der Waals surface area contributed by atoms with Crippen molar-refractivity contribution in [1.82, 2.24) is 4.90 Å². The molecule has 1 heterocycles. The van der Waals surface area contributed by atoms with Gasteiger partial charge in [0.25, 0.3) is 0 Å². The van der Waals surface area contributed by atoms with E-state index in [4.69, 9.17) is 10.5 Å². The average molecular weight is 276 g/mol. The molecule has 2 rings (SSSR count). The topological polar surface area (TPSA) is 72.6 Å². The van der Waals surface area contributed by atoms with E-state index in [0.717, 1.165) is 5.56 Å². The molecule has 1 atom stereocenters. The number of amides is 2. The van der Waals surface area contributed by atoms with Gasteiger partial charge in [0, 0.05) is 19.5 Å². The highest BCUT2D eigenvalue weighted by atomic mass is 16.5. The number of hydrogen-bond donors (Lipinski definition) is 1. The number of carbonyl (C=O) groups is 2. The van der Waals surface area contributed by atoms with Crippen LogP contribution in [0.4, 0.5) is 0 Å². The molecule has 0 aliphatic carbocycles. The first-order valence-electron chi connectivity index (χ1n) is 6.85. The quantitative estimate of drug-likeness (QED) is 0.855. The Kier molecular flexibility index (Phi) is 5.12. The number of morpholine rings is 1. The molecule has 0 saturated carbocycles. The molecule has 20 heavy (non-hydrogen) atoms. The lowest BCUT2D eigenvalue weighted by Crippen LogP contribution is -2.42. The first kappa shape index (κ1) is 14.5. The first-order chi connectivity index (χ1) is 9.66. The summed E-state index contributed by atoms with van der Waals surface area (Å²) in [5.74, 6) is -0.892. The van der Waals surface area contributed by atoms with Crippen LogP contribution in [0.2, 0.25) is 0 Å². The van der Waals surface area contributed by atoms with E-state index < -0.39 is 11.8 Å². The number of ether oxygens (including phenoxy) is 1. The van der Waals surface area contributed by atoms with E-state index in [2.05, 4.69) is 0 Å². The van der Waals surface area contributed by atoms with Crippen LogP contribution in [0.1, 0.15) is 12.0 Å². The van der Waals surface area contributed by atoms with Crippen molar-refractivity contribution in [3.8, 4) is 0 Å². The number of rotatable bonds is 5. The molecule has 1 aliphatic heterocycles. The van der Waals surface area contributed by atoms with E-state index in [-0.39, 0.29) is 12.3 Å². The monoisotopic (exact) mass is 276 g/mol. The van der Waals surface area contributed by atoms with Gasteiger partial charge in [0.1, 0.15) is 0 Å². The molecule has 1 aromatic carbocycles. The molecule has 1 aliphatic rings. The van der Waals surface area contributed by atoms with Crippen molar-refractivity contribution in [3.05, 3.63) is 35.9 Å². The summed E-state index contributed by atoms with van der Waals surface area (Å²) in [6.07, 6.45) is 0.677. The molecule has 0 spiro atoms. The summed E-state index contributed by atoms with van der Waals surface area (Å²) >= 11 is 0. The molecule has 1 saturated heterocycles. The third-order valence-electron chi connectivity index (χ3n) is 3.51. The predicted molar refractivity (Wildman–Crippen MR) is 74.8 cm³/mol. The van der Waals surface area contributed by atoms with Crippen molar-refractivity contribution < 1.29 is 14.3 Å². The van der Waals surface area contributed by atoms with Crippen molar-refractivity contribution in [2.24, 2.45) is 11.7 Å². The van der Waals surface area contributed by atoms with Gasteiger partial charge in [-0.3, -0.25) is 9.59 Å². The fourth-order valence-corrected chi connectivity index (χ4v) is 2.32. The lowest BCUT2D eigenvalue weighted by Gasteiger charge is -2.28. The van der Waals surface area contributed by atoms with Crippen LogP contribution in [-0.2, 0) is 20.7 Å². The number of carbonyl (C=O) groups excluding carboxylic acids is 2. The van der Waals surface area contributed by atoms with Crippen LogP contribution >= 0.6 is 0 Å². The zero-order valence-electron chi connectivity index (χ0n) is 11.5. The van der Waals surface area contributed by atoms with Crippen LogP contribution in [-0.4, -0.2) is 43.0 Å². The second-order valence-corrected chi connectivity index (χ2v) is 4.99. The van der Waals surface area contributed by atoms with Crippen LogP contribution in [0.3, 0.4) is 0 Å². The summed E-state index contributed by atoms with van der Waals surface area (Å²) in [5.41, 5.74) is 6.45. The molecule has 0 radical (unpaired) electrons. The maximum atomic E-state index is 12.2. The fourth-order valence-electron chi connectivity index (χ4n) is 2.32. The zero-order valence-corrected chi connectivity index (χ0v) is 11.5. The Morgan fingerprint density at radius 3 is 2.45 bits per heavy atom. The van der Waals surface area contributed by atoms with Crippen molar-refractivity contribution >= 4 is 11.8 Å². The normalized spacial score (nSPS) is 16.7. The summed E-state index contributed by atoms with van der Waals surface area (Å²) in [5, 5.41) is 0. The fraction of sp³-hybridized carbons (Fsp3) is 0.467. The van der Waals surface area contributed by atoms with Crippen LogP contribution in [0, 0.1) is 5.92 Å². The minimum atomic E-state index is -0.451. The second kappa shape index (κ2) is 7.05. The summed E-state index contributed by atoms with van der Waals surface area (Å²) in [6, 6.07) is 9.63. The van der Waals surface area contributed by atoms with Gasteiger partial charge in [-0.15, -0.1) is 0 Å². The van der Waals surface area contributed by atoms with E-state index in [1.807, 2.05) is 30.3 Å². The van der Waals surface area contributed by atoms with E-state index in [1.54, 1.807) is 4.90 Å². The van der Waals surface area contributed by atoms with Gasteiger partial charge in [0.15, 0.2) is 0 Å². The second-order valence-electron chi connectivity index (χ2n) is 4.99. The average Bonchev–Trinajstić information content (AvgIpc) is 2.48. The van der Waals surface area contributed by atoms with E-state index in [1.165, 1.54) is 0 Å². The van der Waals surface area contributed by atoms with Gasteiger partial charge >= 0.3 is 0 Å². The van der Waals surface area contributed by atoms with Gasteiger partial charge in [-0.2, -0.15) is 0 Å². The van der Waals surface area contributed by atoms with Gasteiger partial charge in [0.05, 0.1) is 19.1 Å². The highest BCUT2D eigenvalue weighted by Crippen LogP contribution is 2.14. The molecule has 2 N–H and O–H groups in total. The number of primary amides is 1. The standard InChI is InChI=1S/C15H20N2O3/c16-15(19)13(10-12-4-2-1-3-5-12)11-14(18)17-6-8-20-9-7-17/h1-5,13H,6-11H2,(H2,16,19). The van der Waals surface area contributed by atoms with Gasteiger partial charge in [-0.25, -0.2) is 0 Å². The Labute approximate surface area is 118 Å². The van der Waals surface area contributed by atoms with Crippen molar-refractivity contribution in [3.63, 3.8) is 0 Å². The van der Waals surface area contributed by atoms with Gasteiger partial charge in [0.2, 0.25) is 11.8 Å². The maximum absolute atomic E-state index is 12.2. The maximum Gasteiger partial charge on any atom is 0.223 e. The Morgan fingerprint density at radius 2 is 1.85 bits per heavy atom. The summed E-state index contributed by atoms with van der Waals surface area (Å²) in [7, 11) is 0. The van der Waals surface area contributed by atoms with E-state index in [9.17, 15) is 9.59 Å². The third-order valence-corrected chi connectivity index (χ3v) is 3.51. The van der Waals surface area contributed by atoms with Gasteiger partial charge in [-0.1, -0.05) is 30.3 Å². The van der Waals surface area contributed by atoms with E-state index >= 15 is 0 Å².